The van der Waals surface area contributed by atoms with Gasteiger partial charge in [0.2, 0.25) is 5.91 Å². The third kappa shape index (κ3) is 3.33. The van der Waals surface area contributed by atoms with E-state index in [1.807, 2.05) is 6.92 Å². The van der Waals surface area contributed by atoms with Crippen LogP contribution in [0.5, 0.6) is 0 Å². The van der Waals surface area contributed by atoms with E-state index < -0.39 is 4.92 Å². The van der Waals surface area contributed by atoms with Crippen molar-refractivity contribution in [2.75, 3.05) is 6.54 Å². The van der Waals surface area contributed by atoms with Crippen molar-refractivity contribution in [3.63, 3.8) is 0 Å². The summed E-state index contributed by atoms with van der Waals surface area (Å²) in [5.74, 6) is 0.298. The fourth-order valence-corrected chi connectivity index (χ4v) is 2.37. The summed E-state index contributed by atoms with van der Waals surface area (Å²) in [5.41, 5.74) is 6.02. The van der Waals surface area contributed by atoms with Crippen LogP contribution in [0.1, 0.15) is 25.3 Å². The molecule has 1 aromatic rings. The summed E-state index contributed by atoms with van der Waals surface area (Å²) in [4.78, 5) is 22.3. The Morgan fingerprint density at radius 1 is 1.55 bits per heavy atom. The number of amides is 1. The van der Waals surface area contributed by atoms with Crippen LogP contribution in [0.2, 0.25) is 0 Å². The van der Waals surface area contributed by atoms with Gasteiger partial charge in [-0.1, -0.05) is 12.1 Å². The third-order valence-corrected chi connectivity index (χ3v) is 3.81. The van der Waals surface area contributed by atoms with E-state index in [0.29, 0.717) is 18.0 Å². The Morgan fingerprint density at radius 3 is 2.80 bits per heavy atom. The number of nitrogens with one attached hydrogen (secondary N) is 1. The normalized spacial score (nSPS) is 17.3. The molecule has 0 radical (unpaired) electrons. The van der Waals surface area contributed by atoms with Gasteiger partial charge >= 0.3 is 0 Å². The number of nitrogens with zero attached hydrogens (tertiary/aromatic N) is 1. The van der Waals surface area contributed by atoms with Crippen molar-refractivity contribution in [1.29, 1.82) is 0 Å². The van der Waals surface area contributed by atoms with E-state index in [1.54, 1.807) is 12.1 Å². The Bertz CT molecular complexity index is 528. The van der Waals surface area contributed by atoms with E-state index >= 15 is 0 Å². The highest BCUT2D eigenvalue weighted by atomic mass is 16.6. The molecule has 1 unspecified atom stereocenters. The molecule has 1 aliphatic carbocycles. The van der Waals surface area contributed by atoms with Gasteiger partial charge in [0.1, 0.15) is 0 Å². The van der Waals surface area contributed by atoms with E-state index in [-0.39, 0.29) is 23.6 Å². The number of hydrogen-bond acceptors (Lipinski definition) is 4. The smallest absolute Gasteiger partial charge is 0.269 e. The van der Waals surface area contributed by atoms with Crippen molar-refractivity contribution in [3.05, 3.63) is 39.9 Å². The lowest BCUT2D eigenvalue weighted by atomic mass is 9.95. The first kappa shape index (κ1) is 14.5. The third-order valence-electron chi connectivity index (χ3n) is 3.81. The molecule has 1 aromatic carbocycles. The molecule has 3 N–H and O–H groups in total. The molecule has 0 aliphatic heterocycles. The van der Waals surface area contributed by atoms with Gasteiger partial charge in [-0.15, -0.1) is 0 Å². The molecule has 0 saturated heterocycles. The molecule has 0 aromatic heterocycles. The summed E-state index contributed by atoms with van der Waals surface area (Å²) in [7, 11) is 0. The standard InChI is InChI=1S/C14H19N3O3/c1-14(9-15,11-5-6-11)16-13(18)8-10-3-2-4-12(7-10)17(19)20/h2-4,7,11H,5-6,8-9,15H2,1H3,(H,16,18). The minimum atomic E-state index is -0.463. The Morgan fingerprint density at radius 2 is 2.25 bits per heavy atom. The summed E-state index contributed by atoms with van der Waals surface area (Å²) < 4.78 is 0. The van der Waals surface area contributed by atoms with Gasteiger partial charge in [-0.25, -0.2) is 0 Å². The van der Waals surface area contributed by atoms with Crippen LogP contribution < -0.4 is 11.1 Å². The van der Waals surface area contributed by atoms with E-state index in [4.69, 9.17) is 5.73 Å². The monoisotopic (exact) mass is 277 g/mol. The summed E-state index contributed by atoms with van der Waals surface area (Å²) in [6.07, 6.45) is 2.31. The first-order valence-corrected chi connectivity index (χ1v) is 6.69. The molecular formula is C14H19N3O3. The first-order chi connectivity index (χ1) is 9.44. The van der Waals surface area contributed by atoms with E-state index in [2.05, 4.69) is 5.32 Å². The van der Waals surface area contributed by atoms with Crippen LogP contribution in [-0.4, -0.2) is 22.9 Å². The molecule has 0 heterocycles. The van der Waals surface area contributed by atoms with Crippen LogP contribution in [0, 0.1) is 16.0 Å². The largest absolute Gasteiger partial charge is 0.349 e. The Hall–Kier alpha value is -1.95. The molecule has 6 nitrogen and oxygen atoms in total. The second kappa shape index (κ2) is 5.58. The molecule has 1 saturated carbocycles. The molecule has 108 valence electrons. The maximum atomic E-state index is 12.1. The van der Waals surface area contributed by atoms with E-state index in [1.165, 1.54) is 12.1 Å². The predicted molar refractivity (Wildman–Crippen MR) is 75.1 cm³/mol. The van der Waals surface area contributed by atoms with Crippen molar-refractivity contribution in [1.82, 2.24) is 5.32 Å². The van der Waals surface area contributed by atoms with Crippen LogP contribution in [0.15, 0.2) is 24.3 Å². The number of nitro groups is 1. The number of carbonyl (C=O) groups excluding carboxylic acids is 1. The van der Waals surface area contributed by atoms with Gasteiger partial charge in [0, 0.05) is 18.7 Å². The number of nitro benzene ring substituents is 1. The average molecular weight is 277 g/mol. The molecule has 1 amide bonds. The maximum Gasteiger partial charge on any atom is 0.269 e. The van der Waals surface area contributed by atoms with Gasteiger partial charge in [0.15, 0.2) is 0 Å². The number of rotatable bonds is 6. The predicted octanol–water partition coefficient (Wildman–Crippen LogP) is 1.38. The zero-order chi connectivity index (χ0) is 14.8. The minimum absolute atomic E-state index is 0.000852. The lowest BCUT2D eigenvalue weighted by Gasteiger charge is -2.29. The fraction of sp³-hybridized carbons (Fsp3) is 0.500. The number of non-ortho nitro benzene ring substituents is 1. The van der Waals surface area contributed by atoms with Crippen LogP contribution in [0.3, 0.4) is 0 Å². The van der Waals surface area contributed by atoms with Crippen LogP contribution in [-0.2, 0) is 11.2 Å². The van der Waals surface area contributed by atoms with Gasteiger partial charge in [-0.3, -0.25) is 14.9 Å². The van der Waals surface area contributed by atoms with Crippen molar-refractivity contribution in [2.45, 2.75) is 31.7 Å². The van der Waals surface area contributed by atoms with Gasteiger partial charge in [0.05, 0.1) is 16.9 Å². The van der Waals surface area contributed by atoms with Crippen LogP contribution in [0.25, 0.3) is 0 Å². The molecule has 0 bridgehead atoms. The lowest BCUT2D eigenvalue weighted by Crippen LogP contribution is -2.53. The zero-order valence-electron chi connectivity index (χ0n) is 11.5. The van der Waals surface area contributed by atoms with Gasteiger partial charge in [-0.05, 0) is 31.2 Å². The quantitative estimate of drug-likeness (QED) is 0.606. The highest BCUT2D eigenvalue weighted by Crippen LogP contribution is 2.38. The summed E-state index contributed by atoms with van der Waals surface area (Å²) in [6.45, 7) is 2.36. The molecule has 1 fully saturated rings. The topological polar surface area (TPSA) is 98.3 Å². The number of nitrogens with two attached hydrogens (primary N) is 1. The zero-order valence-corrected chi connectivity index (χ0v) is 11.5. The number of benzene rings is 1. The molecule has 2 rings (SSSR count). The molecule has 1 aliphatic rings. The molecule has 20 heavy (non-hydrogen) atoms. The molecule has 0 spiro atoms. The van der Waals surface area contributed by atoms with Gasteiger partial charge in [-0.2, -0.15) is 0 Å². The highest BCUT2D eigenvalue weighted by molar-refractivity contribution is 5.79. The van der Waals surface area contributed by atoms with Crippen LogP contribution in [0.4, 0.5) is 5.69 Å². The number of carbonyl (C=O) groups is 1. The second-order valence-corrected chi connectivity index (χ2v) is 5.55. The summed E-state index contributed by atoms with van der Waals surface area (Å²) in [5, 5.41) is 13.7. The maximum absolute atomic E-state index is 12.1. The van der Waals surface area contributed by atoms with Crippen molar-refractivity contribution in [3.8, 4) is 0 Å². The molecule has 1 atom stereocenters. The Balaban J connectivity index is 2.00. The minimum Gasteiger partial charge on any atom is -0.349 e. The molecular weight excluding hydrogens is 258 g/mol. The van der Waals surface area contributed by atoms with Gasteiger partial charge in [0.25, 0.3) is 5.69 Å². The number of hydrogen-bond donors (Lipinski definition) is 2. The second-order valence-electron chi connectivity index (χ2n) is 5.55. The SMILES string of the molecule is CC(CN)(NC(=O)Cc1cccc([N+](=O)[O-])c1)C1CC1. The Labute approximate surface area is 117 Å². The van der Waals surface area contributed by atoms with E-state index in [9.17, 15) is 14.9 Å². The fourth-order valence-electron chi connectivity index (χ4n) is 2.37. The summed E-state index contributed by atoms with van der Waals surface area (Å²) in [6, 6.07) is 6.14. The van der Waals surface area contributed by atoms with E-state index in [0.717, 1.165) is 12.8 Å². The van der Waals surface area contributed by atoms with Crippen LogP contribution >= 0.6 is 0 Å². The Kier molecular flexibility index (Phi) is 4.04. The van der Waals surface area contributed by atoms with Crippen molar-refractivity contribution in [2.24, 2.45) is 11.7 Å². The lowest BCUT2D eigenvalue weighted by molar-refractivity contribution is -0.384. The highest BCUT2D eigenvalue weighted by Gasteiger charge is 2.41. The average Bonchev–Trinajstić information content (AvgIpc) is 3.23. The van der Waals surface area contributed by atoms with Crippen molar-refractivity contribution >= 4 is 11.6 Å². The molecule has 6 heteroatoms. The first-order valence-electron chi connectivity index (χ1n) is 6.69. The van der Waals surface area contributed by atoms with Crippen molar-refractivity contribution < 1.29 is 9.72 Å². The summed E-state index contributed by atoms with van der Waals surface area (Å²) >= 11 is 0. The van der Waals surface area contributed by atoms with Gasteiger partial charge < -0.3 is 11.1 Å².